The van der Waals surface area contributed by atoms with Crippen LogP contribution in [0.4, 0.5) is 18.9 Å². The fourth-order valence-corrected chi connectivity index (χ4v) is 3.81. The van der Waals surface area contributed by atoms with Gasteiger partial charge in [0.1, 0.15) is 5.65 Å². The molecule has 0 unspecified atom stereocenters. The van der Waals surface area contributed by atoms with Crippen molar-refractivity contribution in [2.75, 3.05) is 32.8 Å². The van der Waals surface area contributed by atoms with E-state index in [2.05, 4.69) is 15.2 Å². The van der Waals surface area contributed by atoms with Crippen molar-refractivity contribution < 1.29 is 22.8 Å². The zero-order valence-corrected chi connectivity index (χ0v) is 17.4. The maximum atomic E-state index is 13.4. The van der Waals surface area contributed by atoms with Crippen molar-refractivity contribution in [3.05, 3.63) is 57.9 Å². The Morgan fingerprint density at radius 2 is 1.97 bits per heavy atom. The van der Waals surface area contributed by atoms with E-state index in [1.807, 2.05) is 0 Å². The minimum Gasteiger partial charge on any atom is -0.487 e. The molecule has 1 saturated heterocycles. The number of hydrogen-bond donors (Lipinski definition) is 1. The number of benzene rings is 1. The molecule has 2 aromatic heterocycles. The molecule has 0 bridgehead atoms. The number of hydrogen-bond acceptors (Lipinski definition) is 6. The summed E-state index contributed by atoms with van der Waals surface area (Å²) in [4.78, 5) is 17.7. The summed E-state index contributed by atoms with van der Waals surface area (Å²) in [5.74, 6) is 0.132. The number of aromatic nitrogens is 2. The monoisotopic (exact) mass is 449 g/mol. The molecule has 0 spiro atoms. The number of ether oxygens (including phenoxy) is 1. The molecule has 170 valence electrons. The fourth-order valence-electron chi connectivity index (χ4n) is 3.81. The predicted molar refractivity (Wildman–Crippen MR) is 112 cm³/mol. The number of fused-ring (bicyclic) bond motifs is 1. The van der Waals surface area contributed by atoms with Gasteiger partial charge >= 0.3 is 11.9 Å². The number of halogens is 3. The molecule has 3 aromatic rings. The SMILES string of the molecule is CCOc1ccc(-c2nc3ccc(C(F)(F)F)cn3c2CN2CCNCC2)cc1[N+](=O)[O-]. The Kier molecular flexibility index (Phi) is 6.02. The number of imidazole rings is 1. The minimum absolute atomic E-state index is 0.132. The van der Waals surface area contributed by atoms with Crippen LogP contribution in [-0.4, -0.2) is 52.0 Å². The Bertz CT molecular complexity index is 1140. The molecule has 1 aliphatic heterocycles. The van der Waals surface area contributed by atoms with Crippen LogP contribution in [-0.2, 0) is 12.7 Å². The van der Waals surface area contributed by atoms with Gasteiger partial charge in [-0.05, 0) is 31.2 Å². The first-order valence-electron chi connectivity index (χ1n) is 10.2. The largest absolute Gasteiger partial charge is 0.487 e. The fraction of sp³-hybridized carbons (Fsp3) is 0.381. The van der Waals surface area contributed by atoms with Crippen LogP contribution in [0, 0.1) is 10.1 Å². The molecule has 0 amide bonds. The standard InChI is InChI=1S/C21H22F3N5O3/c1-2-32-18-5-3-14(11-16(18)29(30)31)20-17(13-27-9-7-25-8-10-27)28-12-15(21(22,23)24)4-6-19(28)26-20/h3-6,11-12,25H,2,7-10,13H2,1H3. The van der Waals surface area contributed by atoms with Gasteiger partial charge in [-0.1, -0.05) is 0 Å². The van der Waals surface area contributed by atoms with Gasteiger partial charge in [0.15, 0.2) is 5.75 Å². The van der Waals surface area contributed by atoms with E-state index < -0.39 is 16.7 Å². The highest BCUT2D eigenvalue weighted by molar-refractivity contribution is 5.71. The lowest BCUT2D eigenvalue weighted by Crippen LogP contribution is -2.43. The first-order valence-corrected chi connectivity index (χ1v) is 10.2. The lowest BCUT2D eigenvalue weighted by Gasteiger charge is -2.27. The predicted octanol–water partition coefficient (Wildman–Crippen LogP) is 3.73. The third kappa shape index (κ3) is 4.39. The van der Waals surface area contributed by atoms with E-state index in [-0.39, 0.29) is 18.0 Å². The Morgan fingerprint density at radius 1 is 1.22 bits per heavy atom. The molecular formula is C21H22F3N5O3. The Labute approximate surface area is 181 Å². The number of nitro benzene ring substituents is 1. The van der Waals surface area contributed by atoms with E-state index in [9.17, 15) is 23.3 Å². The van der Waals surface area contributed by atoms with Crippen LogP contribution < -0.4 is 10.1 Å². The van der Waals surface area contributed by atoms with Gasteiger partial charge in [-0.15, -0.1) is 0 Å². The van der Waals surface area contributed by atoms with Gasteiger partial charge in [0.2, 0.25) is 0 Å². The summed E-state index contributed by atoms with van der Waals surface area (Å²) >= 11 is 0. The second-order valence-corrected chi connectivity index (χ2v) is 7.45. The molecule has 0 atom stereocenters. The maximum Gasteiger partial charge on any atom is 0.417 e. The Morgan fingerprint density at radius 3 is 2.62 bits per heavy atom. The van der Waals surface area contributed by atoms with Gasteiger partial charge in [-0.25, -0.2) is 4.98 Å². The van der Waals surface area contributed by atoms with Gasteiger partial charge in [0.05, 0.1) is 28.5 Å². The first kappa shape index (κ1) is 22.0. The summed E-state index contributed by atoms with van der Waals surface area (Å²) in [5, 5.41) is 14.8. The van der Waals surface area contributed by atoms with Crippen LogP contribution in [0.2, 0.25) is 0 Å². The molecule has 1 N–H and O–H groups in total. The molecular weight excluding hydrogens is 427 g/mol. The molecule has 1 aromatic carbocycles. The molecule has 0 radical (unpaired) electrons. The van der Waals surface area contributed by atoms with Crippen LogP contribution in [0.5, 0.6) is 5.75 Å². The van der Waals surface area contributed by atoms with E-state index >= 15 is 0 Å². The number of piperazine rings is 1. The van der Waals surface area contributed by atoms with Gasteiger partial charge < -0.3 is 14.5 Å². The van der Waals surface area contributed by atoms with Crippen molar-refractivity contribution in [3.63, 3.8) is 0 Å². The molecule has 11 heteroatoms. The normalized spacial score (nSPS) is 15.2. The average Bonchev–Trinajstić information content (AvgIpc) is 3.12. The van der Waals surface area contributed by atoms with Gasteiger partial charge in [-0.2, -0.15) is 13.2 Å². The van der Waals surface area contributed by atoms with E-state index in [1.54, 1.807) is 13.0 Å². The van der Waals surface area contributed by atoms with E-state index in [4.69, 9.17) is 4.74 Å². The summed E-state index contributed by atoms with van der Waals surface area (Å²) < 4.78 is 46.8. The summed E-state index contributed by atoms with van der Waals surface area (Å²) in [6, 6.07) is 6.80. The van der Waals surface area contributed by atoms with Crippen LogP contribution in [0.3, 0.4) is 0 Å². The molecule has 3 heterocycles. The number of rotatable bonds is 6. The lowest BCUT2D eigenvalue weighted by atomic mass is 10.1. The molecule has 32 heavy (non-hydrogen) atoms. The number of nitrogens with one attached hydrogen (secondary N) is 1. The molecule has 1 fully saturated rings. The third-order valence-corrected chi connectivity index (χ3v) is 5.36. The van der Waals surface area contributed by atoms with E-state index in [0.717, 1.165) is 38.4 Å². The van der Waals surface area contributed by atoms with Crippen LogP contribution in [0.15, 0.2) is 36.5 Å². The smallest absolute Gasteiger partial charge is 0.417 e. The molecule has 0 saturated carbocycles. The Hall–Kier alpha value is -3.18. The van der Waals surface area contributed by atoms with Crippen molar-refractivity contribution >= 4 is 11.3 Å². The minimum atomic E-state index is -4.50. The van der Waals surface area contributed by atoms with E-state index in [1.165, 1.54) is 22.6 Å². The topological polar surface area (TPSA) is 84.9 Å². The van der Waals surface area contributed by atoms with Gasteiger partial charge in [-0.3, -0.25) is 15.0 Å². The van der Waals surface area contributed by atoms with Gasteiger partial charge in [0, 0.05) is 50.6 Å². The van der Waals surface area contributed by atoms with Crippen molar-refractivity contribution in [1.29, 1.82) is 0 Å². The second-order valence-electron chi connectivity index (χ2n) is 7.45. The first-order chi connectivity index (χ1) is 15.3. The summed E-state index contributed by atoms with van der Waals surface area (Å²) in [5.41, 5.74) is 0.747. The highest BCUT2D eigenvalue weighted by Crippen LogP contribution is 2.35. The third-order valence-electron chi connectivity index (χ3n) is 5.36. The number of nitro groups is 1. The van der Waals surface area contributed by atoms with Gasteiger partial charge in [0.25, 0.3) is 0 Å². The van der Waals surface area contributed by atoms with Crippen LogP contribution >= 0.6 is 0 Å². The summed E-state index contributed by atoms with van der Waals surface area (Å²) in [6.07, 6.45) is -3.46. The highest BCUT2D eigenvalue weighted by atomic mass is 19.4. The van der Waals surface area contributed by atoms with Crippen molar-refractivity contribution in [3.8, 4) is 17.0 Å². The summed E-state index contributed by atoms with van der Waals surface area (Å²) in [7, 11) is 0. The number of nitrogens with zero attached hydrogens (tertiary/aromatic N) is 4. The van der Waals surface area contributed by atoms with Crippen LogP contribution in [0.25, 0.3) is 16.9 Å². The molecule has 4 rings (SSSR count). The Balaban J connectivity index is 1.87. The number of pyridine rings is 1. The maximum absolute atomic E-state index is 13.4. The van der Waals surface area contributed by atoms with E-state index in [0.29, 0.717) is 29.1 Å². The van der Waals surface area contributed by atoms with Crippen molar-refractivity contribution in [2.45, 2.75) is 19.6 Å². The van der Waals surface area contributed by atoms with Crippen molar-refractivity contribution in [1.82, 2.24) is 19.6 Å². The quantitative estimate of drug-likeness (QED) is 0.456. The number of alkyl halides is 3. The average molecular weight is 449 g/mol. The second kappa shape index (κ2) is 8.75. The lowest BCUT2D eigenvalue weighted by molar-refractivity contribution is -0.385. The highest BCUT2D eigenvalue weighted by Gasteiger charge is 2.32. The molecule has 0 aliphatic carbocycles. The zero-order valence-electron chi connectivity index (χ0n) is 17.4. The molecule has 1 aliphatic rings. The molecule has 8 nitrogen and oxygen atoms in total. The van der Waals surface area contributed by atoms with Crippen LogP contribution in [0.1, 0.15) is 18.2 Å². The zero-order chi connectivity index (χ0) is 22.9. The van der Waals surface area contributed by atoms with Crippen molar-refractivity contribution in [2.24, 2.45) is 0 Å². The summed E-state index contributed by atoms with van der Waals surface area (Å²) in [6.45, 7) is 5.36.